The van der Waals surface area contributed by atoms with E-state index >= 15 is 0 Å². The monoisotopic (exact) mass is 643 g/mol. The summed E-state index contributed by atoms with van der Waals surface area (Å²) in [4.78, 5) is 41.6. The summed E-state index contributed by atoms with van der Waals surface area (Å²) >= 11 is 1.57. The van der Waals surface area contributed by atoms with Gasteiger partial charge in [-0.1, -0.05) is 38.1 Å². The predicted octanol–water partition coefficient (Wildman–Crippen LogP) is 4.48. The second-order valence-corrected chi connectivity index (χ2v) is 12.1. The number of nitrogens with zero attached hydrogens (tertiary/aromatic N) is 3. The van der Waals surface area contributed by atoms with E-state index in [-0.39, 0.29) is 24.5 Å². The van der Waals surface area contributed by atoms with E-state index in [4.69, 9.17) is 24.5 Å². The van der Waals surface area contributed by atoms with Gasteiger partial charge in [-0.3, -0.25) is 9.59 Å². The maximum atomic E-state index is 13.1. The van der Waals surface area contributed by atoms with Gasteiger partial charge in [-0.25, -0.2) is 9.78 Å². The van der Waals surface area contributed by atoms with E-state index in [0.717, 1.165) is 50.3 Å². The molecule has 0 unspecified atom stereocenters. The number of halogens is 3. The average Bonchev–Trinajstić information content (AvgIpc) is 3.47. The van der Waals surface area contributed by atoms with Gasteiger partial charge in [-0.2, -0.15) is 13.2 Å². The molecule has 3 heterocycles. The van der Waals surface area contributed by atoms with Crippen molar-refractivity contribution >= 4 is 29.2 Å². The highest BCUT2D eigenvalue weighted by molar-refractivity contribution is 7.09. The number of morpholine rings is 1. The third-order valence-electron chi connectivity index (χ3n) is 7.48. The number of carboxylic acid groups (broad SMARTS) is 2. The molecule has 1 aromatic heterocycles. The van der Waals surface area contributed by atoms with Crippen molar-refractivity contribution in [3.05, 3.63) is 51.5 Å². The molecule has 4 rings (SSSR count). The van der Waals surface area contributed by atoms with Crippen LogP contribution in [0.4, 0.5) is 13.2 Å². The molecular formula is C30H40F3N3O7S. The number of thiazole rings is 1. The number of carbonyl (C=O) groups excluding carboxylic acids is 1. The van der Waals surface area contributed by atoms with E-state index in [1.165, 1.54) is 11.1 Å². The summed E-state index contributed by atoms with van der Waals surface area (Å²) in [5, 5.41) is 18.7. The molecule has 1 amide bonds. The first-order valence-corrected chi connectivity index (χ1v) is 15.4. The van der Waals surface area contributed by atoms with Gasteiger partial charge in [-0.05, 0) is 36.8 Å². The van der Waals surface area contributed by atoms with Crippen LogP contribution in [0.3, 0.4) is 0 Å². The molecule has 0 saturated carbocycles. The topological polar surface area (TPSA) is 130 Å². The number of piperidine rings is 1. The summed E-state index contributed by atoms with van der Waals surface area (Å²) < 4.78 is 43.4. The Hall–Kier alpha value is -3.07. The van der Waals surface area contributed by atoms with Gasteiger partial charge in [0, 0.05) is 37.5 Å². The van der Waals surface area contributed by atoms with E-state index < -0.39 is 18.1 Å². The summed E-state index contributed by atoms with van der Waals surface area (Å²) in [5.74, 6) is -3.23. The number of rotatable bonds is 11. The molecule has 1 spiro atoms. The van der Waals surface area contributed by atoms with Crippen LogP contribution in [0, 0.1) is 0 Å². The third-order valence-corrected chi connectivity index (χ3v) is 8.63. The van der Waals surface area contributed by atoms with Crippen LogP contribution in [0.2, 0.25) is 0 Å². The van der Waals surface area contributed by atoms with E-state index in [1.807, 2.05) is 10.3 Å². The fraction of sp³-hybridized carbons (Fsp3) is 0.600. The van der Waals surface area contributed by atoms with Crippen molar-refractivity contribution in [1.29, 1.82) is 0 Å². The number of hydrogen-bond acceptors (Lipinski definition) is 8. The average molecular weight is 644 g/mol. The maximum Gasteiger partial charge on any atom is 0.490 e. The highest BCUT2D eigenvalue weighted by atomic mass is 32.1. The van der Waals surface area contributed by atoms with Gasteiger partial charge in [0.15, 0.2) is 0 Å². The normalized spacial score (nSPS) is 16.9. The highest BCUT2D eigenvalue weighted by Crippen LogP contribution is 2.31. The first-order valence-electron chi connectivity index (χ1n) is 14.6. The molecule has 2 saturated heterocycles. The molecule has 0 bridgehead atoms. The Morgan fingerprint density at radius 2 is 1.75 bits per heavy atom. The first kappa shape index (κ1) is 35.4. The molecule has 0 radical (unpaired) electrons. The van der Waals surface area contributed by atoms with Crippen LogP contribution in [0.1, 0.15) is 65.7 Å². The second kappa shape index (κ2) is 16.3. The first-order chi connectivity index (χ1) is 20.8. The highest BCUT2D eigenvalue weighted by Gasteiger charge is 2.41. The summed E-state index contributed by atoms with van der Waals surface area (Å²) in [6, 6.07) is 8.57. The number of aromatic nitrogens is 1. The van der Waals surface area contributed by atoms with Crippen molar-refractivity contribution < 1.29 is 47.2 Å². The van der Waals surface area contributed by atoms with Crippen LogP contribution < -0.4 is 0 Å². The molecular weight excluding hydrogens is 603 g/mol. The van der Waals surface area contributed by atoms with E-state index in [9.17, 15) is 22.8 Å². The molecule has 2 aliphatic heterocycles. The smallest absolute Gasteiger partial charge is 0.481 e. The summed E-state index contributed by atoms with van der Waals surface area (Å²) in [7, 11) is 0. The molecule has 44 heavy (non-hydrogen) atoms. The van der Waals surface area contributed by atoms with E-state index in [0.29, 0.717) is 37.9 Å². The van der Waals surface area contributed by atoms with Crippen molar-refractivity contribution in [3.8, 4) is 0 Å². The number of benzene rings is 1. The maximum absolute atomic E-state index is 13.1. The lowest BCUT2D eigenvalue weighted by Crippen LogP contribution is -2.58. The van der Waals surface area contributed by atoms with Gasteiger partial charge in [-0.15, -0.1) is 11.3 Å². The Morgan fingerprint density at radius 1 is 1.09 bits per heavy atom. The van der Waals surface area contributed by atoms with Gasteiger partial charge in [0.25, 0.3) is 5.91 Å². The van der Waals surface area contributed by atoms with Crippen LogP contribution in [0.25, 0.3) is 0 Å². The molecule has 2 aliphatic rings. The number of ether oxygens (including phenoxy) is 2. The molecule has 1 aromatic carbocycles. The molecule has 2 aromatic rings. The van der Waals surface area contributed by atoms with Crippen LogP contribution in [0.15, 0.2) is 29.6 Å². The Kier molecular flexibility index (Phi) is 13.1. The van der Waals surface area contributed by atoms with Crippen molar-refractivity contribution in [2.24, 2.45) is 0 Å². The van der Waals surface area contributed by atoms with Gasteiger partial charge in [0.2, 0.25) is 0 Å². The lowest BCUT2D eigenvalue weighted by Gasteiger charge is -2.47. The van der Waals surface area contributed by atoms with Crippen molar-refractivity contribution in [2.45, 2.75) is 63.6 Å². The van der Waals surface area contributed by atoms with Gasteiger partial charge < -0.3 is 29.5 Å². The van der Waals surface area contributed by atoms with Crippen molar-refractivity contribution in [2.75, 3.05) is 52.5 Å². The Balaban J connectivity index is 0.000000676. The molecule has 2 N–H and O–H groups in total. The quantitative estimate of drug-likeness (QED) is 0.341. The van der Waals surface area contributed by atoms with Gasteiger partial charge >= 0.3 is 18.1 Å². The number of hydrogen-bond donors (Lipinski definition) is 2. The molecule has 0 atom stereocenters. The number of carbonyl (C=O) groups is 3. The second-order valence-electron chi connectivity index (χ2n) is 11.2. The zero-order valence-corrected chi connectivity index (χ0v) is 25.8. The Bertz CT molecular complexity index is 1250. The van der Waals surface area contributed by atoms with Crippen molar-refractivity contribution in [3.63, 3.8) is 0 Å². The molecule has 0 aliphatic carbocycles. The SMILES string of the molecule is CC(C)c1nc(C(=O)N2CCOC3(CCN(CCc4cccc(CCOCCC(=O)O)c4)CC3)C2)cs1.O=C(O)C(F)(F)F. The van der Waals surface area contributed by atoms with Gasteiger partial charge in [0.1, 0.15) is 5.69 Å². The lowest BCUT2D eigenvalue weighted by atomic mass is 9.89. The molecule has 2 fully saturated rings. The summed E-state index contributed by atoms with van der Waals surface area (Å²) in [6.07, 6.45) is -1.42. The minimum Gasteiger partial charge on any atom is -0.481 e. The Morgan fingerprint density at radius 3 is 2.34 bits per heavy atom. The molecule has 14 heteroatoms. The fourth-order valence-corrected chi connectivity index (χ4v) is 5.81. The number of carboxylic acids is 2. The zero-order chi connectivity index (χ0) is 32.3. The number of amides is 1. The number of alkyl halides is 3. The standard InChI is InChI=1S/C28H39N3O5S.C2HF3O2/c1-21(2)26-29-24(19-37-26)27(34)31-14-17-36-28(20-31)9-12-30(13-10-28)11-6-22-4-3-5-23(18-22)7-15-35-16-8-25(32)33;3-2(4,5)1(6)7/h3-5,18-19,21H,6-17,20H2,1-2H3,(H,32,33);(H,6,7). The summed E-state index contributed by atoms with van der Waals surface area (Å²) in [6.45, 7) is 9.77. The van der Waals surface area contributed by atoms with Crippen LogP contribution in [0.5, 0.6) is 0 Å². The predicted molar refractivity (Wildman–Crippen MR) is 157 cm³/mol. The van der Waals surface area contributed by atoms with Crippen molar-refractivity contribution in [1.82, 2.24) is 14.8 Å². The molecule has 10 nitrogen and oxygen atoms in total. The third kappa shape index (κ3) is 11.1. The zero-order valence-electron chi connectivity index (χ0n) is 25.0. The largest absolute Gasteiger partial charge is 0.490 e. The van der Waals surface area contributed by atoms with Crippen LogP contribution >= 0.6 is 11.3 Å². The lowest BCUT2D eigenvalue weighted by molar-refractivity contribution is -0.192. The summed E-state index contributed by atoms with van der Waals surface area (Å²) in [5.41, 5.74) is 2.84. The minimum atomic E-state index is -5.08. The molecule has 244 valence electrons. The van der Waals surface area contributed by atoms with Crippen LogP contribution in [-0.4, -0.2) is 107 Å². The Labute approximate surface area is 258 Å². The van der Waals surface area contributed by atoms with Gasteiger partial charge in [0.05, 0.1) is 43.4 Å². The van der Waals surface area contributed by atoms with E-state index in [2.05, 4.69) is 48.0 Å². The minimum absolute atomic E-state index is 0.0282. The number of aliphatic carboxylic acids is 2. The number of likely N-dealkylation sites (tertiary alicyclic amines) is 1. The van der Waals surface area contributed by atoms with Crippen LogP contribution in [-0.2, 0) is 31.9 Å². The fourth-order valence-electron chi connectivity index (χ4n) is 5.00. The van der Waals surface area contributed by atoms with E-state index in [1.54, 1.807) is 11.3 Å².